The molecule has 166 valence electrons. The Balaban J connectivity index is 0.00000249. The van der Waals surface area contributed by atoms with Gasteiger partial charge in [-0.1, -0.05) is 62.4 Å². The monoisotopic (exact) mass is 427 g/mol. The van der Waals surface area contributed by atoms with Gasteiger partial charge >= 0.3 is 0 Å². The summed E-state index contributed by atoms with van der Waals surface area (Å²) in [5, 5.41) is 11.6. The van der Waals surface area contributed by atoms with Gasteiger partial charge in [0.2, 0.25) is 5.88 Å². The molecule has 0 saturated carbocycles. The molecule has 0 aliphatic carbocycles. The number of rotatable bonds is 10. The van der Waals surface area contributed by atoms with Crippen LogP contribution in [0, 0.1) is 5.41 Å². The van der Waals surface area contributed by atoms with Gasteiger partial charge in [0.05, 0.1) is 5.69 Å². The lowest BCUT2D eigenvalue weighted by Crippen LogP contribution is -2.14. The predicted molar refractivity (Wildman–Crippen MR) is 139 cm³/mol. The van der Waals surface area contributed by atoms with Crippen molar-refractivity contribution >= 4 is 23.8 Å². The Morgan fingerprint density at radius 3 is 2.47 bits per heavy atom. The van der Waals surface area contributed by atoms with Crippen LogP contribution < -0.4 is 10.1 Å². The molecule has 0 radical (unpaired) electrons. The van der Waals surface area contributed by atoms with Crippen LogP contribution in [0.4, 0.5) is 11.4 Å². The number of para-hydroxylation sites is 1. The van der Waals surface area contributed by atoms with Gasteiger partial charge in [0, 0.05) is 23.0 Å². The third-order valence-corrected chi connectivity index (χ3v) is 4.01. The molecule has 0 bridgehead atoms. The van der Waals surface area contributed by atoms with Crippen molar-refractivity contribution < 1.29 is 4.74 Å². The fraction of sp³-hybridized carbons (Fsp3) is 0.179. The second-order valence-electron chi connectivity index (χ2n) is 6.34. The Morgan fingerprint density at radius 1 is 1.09 bits per heavy atom. The second-order valence-corrected chi connectivity index (χ2v) is 6.34. The van der Waals surface area contributed by atoms with Crippen molar-refractivity contribution in [1.82, 2.24) is 0 Å². The lowest BCUT2D eigenvalue weighted by atomic mass is 10.1. The number of aliphatic imine (C=N–C) groups is 1. The van der Waals surface area contributed by atoms with Gasteiger partial charge in [0.1, 0.15) is 5.75 Å². The molecule has 0 aromatic heterocycles. The van der Waals surface area contributed by atoms with Crippen molar-refractivity contribution in [2.45, 2.75) is 34.1 Å². The summed E-state index contributed by atoms with van der Waals surface area (Å²) in [4.78, 5) is 3.96. The van der Waals surface area contributed by atoms with Crippen molar-refractivity contribution in [3.8, 4) is 5.75 Å². The largest absolute Gasteiger partial charge is 0.441 e. The first-order valence-corrected chi connectivity index (χ1v) is 10.7. The molecule has 0 heterocycles. The molecule has 32 heavy (non-hydrogen) atoms. The summed E-state index contributed by atoms with van der Waals surface area (Å²) in [5.74, 6) is 1.13. The molecule has 2 rings (SSSR count). The van der Waals surface area contributed by atoms with Gasteiger partial charge in [0.15, 0.2) is 0 Å². The molecule has 2 aromatic carbocycles. The molecule has 2 N–H and O–H groups in total. The van der Waals surface area contributed by atoms with Crippen LogP contribution in [0.1, 0.15) is 34.1 Å². The van der Waals surface area contributed by atoms with Gasteiger partial charge in [-0.2, -0.15) is 0 Å². The SMILES string of the molecule is C=Nc1cccc(O/C(Nc2ccccc2)=C(\C/C=C/C=C=C/C=C\C)C(C)=N)c1.CC. The first-order valence-electron chi connectivity index (χ1n) is 10.7. The minimum Gasteiger partial charge on any atom is -0.441 e. The number of allylic oxidation sites excluding steroid dienone is 6. The molecule has 0 fully saturated rings. The van der Waals surface area contributed by atoms with Crippen molar-refractivity contribution in [3.05, 3.63) is 108 Å². The van der Waals surface area contributed by atoms with Gasteiger partial charge in [0.25, 0.3) is 0 Å². The molecule has 0 aliphatic rings. The highest BCUT2D eigenvalue weighted by Gasteiger charge is 2.12. The summed E-state index contributed by atoms with van der Waals surface area (Å²) in [6, 6.07) is 17.1. The molecule has 2 aromatic rings. The number of nitrogens with zero attached hydrogens (tertiary/aromatic N) is 1. The summed E-state index contributed by atoms with van der Waals surface area (Å²) in [5.41, 5.74) is 5.82. The van der Waals surface area contributed by atoms with E-state index in [1.807, 2.05) is 106 Å². The second kappa shape index (κ2) is 15.9. The minimum absolute atomic E-state index is 0.421. The van der Waals surface area contributed by atoms with E-state index in [4.69, 9.17) is 10.1 Å². The van der Waals surface area contributed by atoms with Gasteiger partial charge in [-0.25, -0.2) is 0 Å². The van der Waals surface area contributed by atoms with Crippen molar-refractivity contribution in [3.63, 3.8) is 0 Å². The van der Waals surface area contributed by atoms with Crippen LogP contribution in [0.2, 0.25) is 0 Å². The van der Waals surface area contributed by atoms with Crippen LogP contribution in [-0.4, -0.2) is 12.4 Å². The highest BCUT2D eigenvalue weighted by atomic mass is 16.5. The zero-order valence-electron chi connectivity index (χ0n) is 19.4. The van der Waals surface area contributed by atoms with E-state index in [0.717, 1.165) is 16.9 Å². The summed E-state index contributed by atoms with van der Waals surface area (Å²) in [6.45, 7) is 11.3. The molecule has 0 spiro atoms. The Labute approximate surface area is 192 Å². The van der Waals surface area contributed by atoms with E-state index in [9.17, 15) is 0 Å². The molecule has 0 unspecified atom stereocenters. The molecule has 0 saturated heterocycles. The zero-order chi connectivity index (χ0) is 23.6. The average molecular weight is 428 g/mol. The molecule has 4 heteroatoms. The standard InChI is InChI=1S/C26H27N3O.C2H6/c1-4-5-6-7-8-9-13-19-25(21(2)27)26(29-22-15-11-10-12-16-22)30-24-18-14-17-23(20-24)28-3;1-2/h4-6,8-18,20,27,29H,3,19H2,1-2H3;1-2H3/b5-4-,13-9+,26-25+,27-21?;. The van der Waals surface area contributed by atoms with E-state index in [0.29, 0.717) is 23.8 Å². The van der Waals surface area contributed by atoms with Gasteiger partial charge in [-0.3, -0.25) is 4.99 Å². The number of benzene rings is 2. The van der Waals surface area contributed by atoms with Crippen LogP contribution in [0.25, 0.3) is 0 Å². The molecule has 4 nitrogen and oxygen atoms in total. The van der Waals surface area contributed by atoms with Gasteiger partial charge in [-0.05, 0) is 63.4 Å². The average Bonchev–Trinajstić information content (AvgIpc) is 2.82. The Morgan fingerprint density at radius 2 is 1.81 bits per heavy atom. The van der Waals surface area contributed by atoms with Crippen LogP contribution >= 0.6 is 0 Å². The maximum absolute atomic E-state index is 8.28. The quantitative estimate of drug-likeness (QED) is 0.174. The summed E-state index contributed by atoms with van der Waals surface area (Å²) < 4.78 is 6.16. The fourth-order valence-corrected chi connectivity index (χ4v) is 2.51. The third-order valence-electron chi connectivity index (χ3n) is 4.01. The van der Waals surface area contributed by atoms with E-state index in [2.05, 4.69) is 22.8 Å². The minimum atomic E-state index is 0.421. The van der Waals surface area contributed by atoms with Crippen LogP contribution in [0.5, 0.6) is 5.75 Å². The van der Waals surface area contributed by atoms with E-state index < -0.39 is 0 Å². The lowest BCUT2D eigenvalue weighted by molar-refractivity contribution is 0.428. The van der Waals surface area contributed by atoms with Crippen LogP contribution in [-0.2, 0) is 0 Å². The first-order chi connectivity index (χ1) is 15.6. The van der Waals surface area contributed by atoms with Crippen LogP contribution in [0.3, 0.4) is 0 Å². The molecular formula is C28H33N3O. The fourth-order valence-electron chi connectivity index (χ4n) is 2.51. The van der Waals surface area contributed by atoms with E-state index >= 15 is 0 Å². The Hall–Kier alpha value is -3.88. The van der Waals surface area contributed by atoms with Gasteiger partial charge < -0.3 is 15.5 Å². The predicted octanol–water partition coefficient (Wildman–Crippen LogP) is 8.02. The number of hydrogen-bond acceptors (Lipinski definition) is 4. The number of ether oxygens (including phenoxy) is 1. The summed E-state index contributed by atoms with van der Waals surface area (Å²) in [6.07, 6.45) is 12.0. The van der Waals surface area contributed by atoms with Crippen molar-refractivity contribution in [2.24, 2.45) is 4.99 Å². The molecule has 0 atom stereocenters. The number of anilines is 1. The van der Waals surface area contributed by atoms with Crippen molar-refractivity contribution in [1.29, 1.82) is 5.41 Å². The Kier molecular flexibility index (Phi) is 13.0. The molecule has 0 amide bonds. The molecular weight excluding hydrogens is 394 g/mol. The van der Waals surface area contributed by atoms with E-state index in [1.165, 1.54) is 0 Å². The summed E-state index contributed by atoms with van der Waals surface area (Å²) >= 11 is 0. The maximum Gasteiger partial charge on any atom is 0.203 e. The normalized spacial score (nSPS) is 11.0. The number of nitrogens with one attached hydrogen (secondary N) is 2. The highest BCUT2D eigenvalue weighted by Crippen LogP contribution is 2.24. The number of hydrogen-bond donors (Lipinski definition) is 2. The maximum atomic E-state index is 8.28. The zero-order valence-corrected chi connectivity index (χ0v) is 19.4. The third kappa shape index (κ3) is 9.75. The first kappa shape index (κ1) is 26.2. The summed E-state index contributed by atoms with van der Waals surface area (Å²) in [7, 11) is 0. The van der Waals surface area contributed by atoms with E-state index in [1.54, 1.807) is 13.0 Å². The lowest BCUT2D eigenvalue weighted by Gasteiger charge is -2.17. The smallest absolute Gasteiger partial charge is 0.203 e. The Bertz CT molecular complexity index is 1010. The van der Waals surface area contributed by atoms with Crippen LogP contribution in [0.15, 0.2) is 113 Å². The van der Waals surface area contributed by atoms with Gasteiger partial charge in [-0.15, -0.1) is 5.73 Å². The highest BCUT2D eigenvalue weighted by molar-refractivity contribution is 5.96. The van der Waals surface area contributed by atoms with Crippen molar-refractivity contribution in [2.75, 3.05) is 5.32 Å². The molecule has 0 aliphatic heterocycles. The topological polar surface area (TPSA) is 57.5 Å². The van der Waals surface area contributed by atoms with E-state index in [-0.39, 0.29) is 0 Å².